The summed E-state index contributed by atoms with van der Waals surface area (Å²) in [5.41, 5.74) is 1.31. The lowest BCUT2D eigenvalue weighted by Crippen LogP contribution is -2.48. The van der Waals surface area contributed by atoms with E-state index in [1.807, 2.05) is 13.0 Å². The van der Waals surface area contributed by atoms with Gasteiger partial charge in [0.1, 0.15) is 0 Å². The van der Waals surface area contributed by atoms with Crippen LogP contribution in [0.2, 0.25) is 0 Å². The van der Waals surface area contributed by atoms with Gasteiger partial charge in [0.25, 0.3) is 0 Å². The van der Waals surface area contributed by atoms with Crippen LogP contribution in [0.15, 0.2) is 18.2 Å². The quantitative estimate of drug-likeness (QED) is 0.862. The number of ether oxygens (including phenoxy) is 2. The zero-order valence-corrected chi connectivity index (χ0v) is 12.8. The van der Waals surface area contributed by atoms with E-state index in [0.717, 1.165) is 44.1 Å². The van der Waals surface area contributed by atoms with E-state index in [4.69, 9.17) is 9.47 Å². The summed E-state index contributed by atoms with van der Waals surface area (Å²) in [6.45, 7) is 9.41. The van der Waals surface area contributed by atoms with Gasteiger partial charge in [0, 0.05) is 32.2 Å². The van der Waals surface area contributed by atoms with Gasteiger partial charge in [0.05, 0.1) is 13.7 Å². The molecule has 0 saturated carbocycles. The first-order chi connectivity index (χ1) is 9.74. The van der Waals surface area contributed by atoms with E-state index in [1.165, 1.54) is 5.56 Å². The van der Waals surface area contributed by atoms with Crippen LogP contribution in [0.1, 0.15) is 19.4 Å². The van der Waals surface area contributed by atoms with E-state index in [0.29, 0.717) is 12.6 Å². The van der Waals surface area contributed by atoms with Crippen LogP contribution in [-0.4, -0.2) is 50.8 Å². The van der Waals surface area contributed by atoms with Gasteiger partial charge in [-0.2, -0.15) is 0 Å². The second kappa shape index (κ2) is 7.50. The number of hydrogen-bond donors (Lipinski definition) is 1. The van der Waals surface area contributed by atoms with Crippen molar-refractivity contribution in [2.45, 2.75) is 26.3 Å². The molecule has 1 aliphatic rings. The van der Waals surface area contributed by atoms with Crippen LogP contribution in [0.4, 0.5) is 0 Å². The Morgan fingerprint density at radius 3 is 2.65 bits per heavy atom. The fraction of sp³-hybridized carbons (Fsp3) is 0.625. The summed E-state index contributed by atoms with van der Waals surface area (Å²) in [4.78, 5) is 2.54. The largest absolute Gasteiger partial charge is 0.493 e. The number of hydrogen-bond acceptors (Lipinski definition) is 4. The summed E-state index contributed by atoms with van der Waals surface area (Å²) in [5.74, 6) is 1.66. The van der Waals surface area contributed by atoms with Crippen LogP contribution in [0.3, 0.4) is 0 Å². The Morgan fingerprint density at radius 2 is 2.00 bits per heavy atom. The Morgan fingerprint density at radius 1 is 1.25 bits per heavy atom. The first-order valence-corrected chi connectivity index (χ1v) is 7.49. The molecule has 20 heavy (non-hydrogen) atoms. The summed E-state index contributed by atoms with van der Waals surface area (Å²) >= 11 is 0. The standard InChI is InChI=1S/C16H26N2O2/c1-4-20-16-12-14(5-6-15(16)19-3)11-13(2)18-9-7-17-8-10-18/h5-6,12-13,17H,4,7-11H2,1-3H3. The molecule has 0 aliphatic carbocycles. The van der Waals surface area contributed by atoms with Gasteiger partial charge in [-0.15, -0.1) is 0 Å². The van der Waals surface area contributed by atoms with E-state index in [2.05, 4.69) is 29.3 Å². The monoisotopic (exact) mass is 278 g/mol. The molecule has 1 fully saturated rings. The van der Waals surface area contributed by atoms with Gasteiger partial charge in [-0.25, -0.2) is 0 Å². The van der Waals surface area contributed by atoms with Crippen molar-refractivity contribution in [2.75, 3.05) is 39.9 Å². The Bertz CT molecular complexity index is 417. The average molecular weight is 278 g/mol. The molecule has 4 heteroatoms. The first-order valence-electron chi connectivity index (χ1n) is 7.49. The van der Waals surface area contributed by atoms with E-state index in [9.17, 15) is 0 Å². The van der Waals surface area contributed by atoms with Crippen LogP contribution >= 0.6 is 0 Å². The topological polar surface area (TPSA) is 33.7 Å². The summed E-state index contributed by atoms with van der Waals surface area (Å²) < 4.78 is 11.0. The highest BCUT2D eigenvalue weighted by Crippen LogP contribution is 2.28. The Labute approximate surface area is 122 Å². The number of nitrogens with one attached hydrogen (secondary N) is 1. The molecule has 0 bridgehead atoms. The molecule has 0 spiro atoms. The first kappa shape index (κ1) is 15.1. The molecular weight excluding hydrogens is 252 g/mol. The zero-order chi connectivity index (χ0) is 14.4. The molecular formula is C16H26N2O2. The molecule has 1 aromatic carbocycles. The Hall–Kier alpha value is -1.26. The van der Waals surface area contributed by atoms with Crippen molar-refractivity contribution >= 4 is 0 Å². The molecule has 1 aromatic rings. The maximum absolute atomic E-state index is 5.65. The average Bonchev–Trinajstić information content (AvgIpc) is 2.49. The summed E-state index contributed by atoms with van der Waals surface area (Å²) in [6.07, 6.45) is 1.05. The third-order valence-electron chi connectivity index (χ3n) is 3.83. The van der Waals surface area contributed by atoms with Gasteiger partial charge in [-0.1, -0.05) is 6.07 Å². The van der Waals surface area contributed by atoms with Crippen LogP contribution in [0.25, 0.3) is 0 Å². The van der Waals surface area contributed by atoms with Gasteiger partial charge in [0.2, 0.25) is 0 Å². The second-order valence-electron chi connectivity index (χ2n) is 5.26. The molecule has 1 unspecified atom stereocenters. The Balaban J connectivity index is 2.02. The predicted octanol–water partition coefficient (Wildman–Crippen LogP) is 1.93. The van der Waals surface area contributed by atoms with E-state index in [-0.39, 0.29) is 0 Å². The van der Waals surface area contributed by atoms with Crippen molar-refractivity contribution in [3.05, 3.63) is 23.8 Å². The SMILES string of the molecule is CCOc1cc(CC(C)N2CCNCC2)ccc1OC. The van der Waals surface area contributed by atoms with Crippen molar-refractivity contribution in [3.63, 3.8) is 0 Å². The molecule has 0 radical (unpaired) electrons. The third kappa shape index (κ3) is 3.87. The highest BCUT2D eigenvalue weighted by atomic mass is 16.5. The maximum Gasteiger partial charge on any atom is 0.161 e. The lowest BCUT2D eigenvalue weighted by atomic mass is 10.0. The number of methoxy groups -OCH3 is 1. The molecule has 1 heterocycles. The second-order valence-corrected chi connectivity index (χ2v) is 5.26. The number of benzene rings is 1. The van der Waals surface area contributed by atoms with E-state index < -0.39 is 0 Å². The molecule has 2 rings (SSSR count). The Kier molecular flexibility index (Phi) is 5.68. The third-order valence-corrected chi connectivity index (χ3v) is 3.83. The fourth-order valence-electron chi connectivity index (χ4n) is 2.71. The van der Waals surface area contributed by atoms with Crippen LogP contribution in [-0.2, 0) is 6.42 Å². The molecule has 1 aliphatic heterocycles. The van der Waals surface area contributed by atoms with Crippen molar-refractivity contribution in [1.82, 2.24) is 10.2 Å². The maximum atomic E-state index is 5.65. The fourth-order valence-corrected chi connectivity index (χ4v) is 2.71. The number of rotatable bonds is 6. The van der Waals surface area contributed by atoms with Crippen molar-refractivity contribution in [3.8, 4) is 11.5 Å². The van der Waals surface area contributed by atoms with Gasteiger partial charge in [0.15, 0.2) is 11.5 Å². The zero-order valence-electron chi connectivity index (χ0n) is 12.8. The number of piperazine rings is 1. The van der Waals surface area contributed by atoms with Gasteiger partial charge in [-0.3, -0.25) is 4.90 Å². The van der Waals surface area contributed by atoms with Crippen LogP contribution in [0, 0.1) is 0 Å². The molecule has 0 amide bonds. The van der Waals surface area contributed by atoms with Gasteiger partial charge in [-0.05, 0) is 38.0 Å². The lowest BCUT2D eigenvalue weighted by Gasteiger charge is -2.33. The van der Waals surface area contributed by atoms with Crippen molar-refractivity contribution < 1.29 is 9.47 Å². The molecule has 0 aromatic heterocycles. The summed E-state index contributed by atoms with van der Waals surface area (Å²) in [7, 11) is 1.68. The minimum Gasteiger partial charge on any atom is -0.493 e. The summed E-state index contributed by atoms with van der Waals surface area (Å²) in [5, 5.41) is 3.40. The highest BCUT2D eigenvalue weighted by molar-refractivity contribution is 5.43. The van der Waals surface area contributed by atoms with E-state index in [1.54, 1.807) is 7.11 Å². The van der Waals surface area contributed by atoms with Crippen LogP contribution in [0.5, 0.6) is 11.5 Å². The van der Waals surface area contributed by atoms with Gasteiger partial charge >= 0.3 is 0 Å². The molecule has 112 valence electrons. The van der Waals surface area contributed by atoms with E-state index >= 15 is 0 Å². The smallest absolute Gasteiger partial charge is 0.161 e. The van der Waals surface area contributed by atoms with Crippen LogP contribution < -0.4 is 14.8 Å². The van der Waals surface area contributed by atoms with Crippen molar-refractivity contribution in [2.24, 2.45) is 0 Å². The number of nitrogens with zero attached hydrogens (tertiary/aromatic N) is 1. The minimum absolute atomic E-state index is 0.556. The minimum atomic E-state index is 0.556. The molecule has 1 saturated heterocycles. The van der Waals surface area contributed by atoms with Crippen molar-refractivity contribution in [1.29, 1.82) is 0 Å². The molecule has 1 N–H and O–H groups in total. The normalized spacial score (nSPS) is 17.8. The predicted molar refractivity (Wildman–Crippen MR) is 81.8 cm³/mol. The highest BCUT2D eigenvalue weighted by Gasteiger charge is 2.17. The lowest BCUT2D eigenvalue weighted by molar-refractivity contribution is 0.183. The molecule has 1 atom stereocenters. The summed E-state index contributed by atoms with van der Waals surface area (Å²) in [6, 6.07) is 6.81. The van der Waals surface area contributed by atoms with Gasteiger partial charge < -0.3 is 14.8 Å². The molecule has 4 nitrogen and oxygen atoms in total.